The van der Waals surface area contributed by atoms with E-state index in [-0.39, 0.29) is 5.41 Å². The van der Waals surface area contributed by atoms with Crippen LogP contribution < -0.4 is 5.73 Å². The highest BCUT2D eigenvalue weighted by Gasteiger charge is 2.41. The van der Waals surface area contributed by atoms with Crippen LogP contribution in [0.15, 0.2) is 22.7 Å². The summed E-state index contributed by atoms with van der Waals surface area (Å²) in [7, 11) is 0. The van der Waals surface area contributed by atoms with Crippen LogP contribution in [-0.4, -0.2) is 11.7 Å². The maximum absolute atomic E-state index is 10.9. The molecule has 1 aliphatic rings. The van der Waals surface area contributed by atoms with E-state index in [2.05, 4.69) is 22.9 Å². The van der Waals surface area contributed by atoms with Gasteiger partial charge in [-0.05, 0) is 49.3 Å². The lowest BCUT2D eigenvalue weighted by atomic mass is 9.65. The van der Waals surface area contributed by atoms with Crippen molar-refractivity contribution < 1.29 is 5.11 Å². The molecule has 0 aromatic heterocycles. The molecule has 0 amide bonds. The maximum atomic E-state index is 10.9. The van der Waals surface area contributed by atoms with E-state index < -0.39 is 6.10 Å². The van der Waals surface area contributed by atoms with Crippen molar-refractivity contribution in [2.24, 2.45) is 17.1 Å². The Bertz CT molecular complexity index is 458. The molecular weight excluding hydrogens is 338 g/mol. The van der Waals surface area contributed by atoms with Crippen LogP contribution in [0.25, 0.3) is 0 Å². The molecule has 112 valence electrons. The highest BCUT2D eigenvalue weighted by Crippen LogP contribution is 2.48. The fourth-order valence-electron chi connectivity index (χ4n) is 3.30. The van der Waals surface area contributed by atoms with Gasteiger partial charge in [-0.2, -0.15) is 0 Å². The van der Waals surface area contributed by atoms with Gasteiger partial charge in [-0.3, -0.25) is 0 Å². The van der Waals surface area contributed by atoms with E-state index in [0.29, 0.717) is 11.6 Å². The van der Waals surface area contributed by atoms with Gasteiger partial charge >= 0.3 is 0 Å². The lowest BCUT2D eigenvalue weighted by Gasteiger charge is -2.43. The van der Waals surface area contributed by atoms with Crippen molar-refractivity contribution in [2.75, 3.05) is 6.54 Å². The molecule has 0 bridgehead atoms. The van der Waals surface area contributed by atoms with Crippen molar-refractivity contribution in [2.45, 2.75) is 45.1 Å². The van der Waals surface area contributed by atoms with Crippen LogP contribution in [0, 0.1) is 11.3 Å². The molecule has 2 rings (SSSR count). The minimum Gasteiger partial charge on any atom is -0.388 e. The molecule has 1 atom stereocenters. The van der Waals surface area contributed by atoms with Gasteiger partial charge in [0.15, 0.2) is 0 Å². The second-order valence-corrected chi connectivity index (χ2v) is 7.28. The van der Waals surface area contributed by atoms with Crippen LogP contribution in [-0.2, 0) is 0 Å². The number of benzene rings is 1. The molecule has 3 N–H and O–H groups in total. The molecule has 0 radical (unpaired) electrons. The first-order valence-electron chi connectivity index (χ1n) is 7.35. The maximum Gasteiger partial charge on any atom is 0.0869 e. The number of aliphatic hydroxyl groups excluding tert-OH is 1. The molecule has 2 nitrogen and oxygen atoms in total. The first-order valence-corrected chi connectivity index (χ1v) is 8.52. The van der Waals surface area contributed by atoms with Crippen LogP contribution in [0.5, 0.6) is 0 Å². The molecule has 1 aliphatic carbocycles. The fourth-order valence-corrected chi connectivity index (χ4v) is 4.20. The third-order valence-corrected chi connectivity index (χ3v) is 5.84. The van der Waals surface area contributed by atoms with Crippen LogP contribution >= 0.6 is 27.5 Å². The summed E-state index contributed by atoms with van der Waals surface area (Å²) >= 11 is 9.49. The van der Waals surface area contributed by atoms with E-state index in [4.69, 9.17) is 17.3 Å². The van der Waals surface area contributed by atoms with E-state index in [1.807, 2.05) is 18.2 Å². The van der Waals surface area contributed by atoms with E-state index >= 15 is 0 Å². The Morgan fingerprint density at radius 3 is 2.60 bits per heavy atom. The largest absolute Gasteiger partial charge is 0.388 e. The molecule has 0 spiro atoms. The highest BCUT2D eigenvalue weighted by atomic mass is 79.9. The van der Waals surface area contributed by atoms with Gasteiger partial charge in [0.25, 0.3) is 0 Å². The smallest absolute Gasteiger partial charge is 0.0869 e. The summed E-state index contributed by atoms with van der Waals surface area (Å²) in [5.74, 6) is 0.788. The van der Waals surface area contributed by atoms with Gasteiger partial charge < -0.3 is 10.8 Å². The number of aliphatic hydroxyl groups is 1. The van der Waals surface area contributed by atoms with E-state index in [9.17, 15) is 5.11 Å². The van der Waals surface area contributed by atoms with Gasteiger partial charge in [-0.15, -0.1) is 0 Å². The lowest BCUT2D eigenvalue weighted by Crippen LogP contribution is -2.40. The van der Waals surface area contributed by atoms with Crippen molar-refractivity contribution in [3.63, 3.8) is 0 Å². The van der Waals surface area contributed by atoms with Crippen LogP contribution in [0.3, 0.4) is 0 Å². The molecule has 1 aromatic rings. The van der Waals surface area contributed by atoms with E-state index in [0.717, 1.165) is 41.6 Å². The van der Waals surface area contributed by atoms with Gasteiger partial charge in [-0.25, -0.2) is 0 Å². The normalized spacial score (nSPS) is 28.4. The zero-order chi connectivity index (χ0) is 14.8. The topological polar surface area (TPSA) is 46.2 Å². The average molecular weight is 361 g/mol. The number of hydrogen-bond donors (Lipinski definition) is 2. The van der Waals surface area contributed by atoms with Crippen LogP contribution in [0.4, 0.5) is 0 Å². The molecule has 1 unspecified atom stereocenters. The Labute approximate surface area is 134 Å². The Hall–Kier alpha value is -0.0900. The Kier molecular flexibility index (Phi) is 5.52. The standard InChI is InChI=1S/C16H23BrClNO/c1-2-11-5-7-16(10-19,8-6-11)15(20)13-4-3-12(18)9-14(13)17/h3-4,9,11,15,20H,2,5-8,10,19H2,1H3. The summed E-state index contributed by atoms with van der Waals surface area (Å²) in [6, 6.07) is 5.56. The molecule has 1 saturated carbocycles. The van der Waals surface area contributed by atoms with Crippen molar-refractivity contribution in [3.05, 3.63) is 33.3 Å². The van der Waals surface area contributed by atoms with E-state index in [1.54, 1.807) is 0 Å². The van der Waals surface area contributed by atoms with Gasteiger partial charge in [0, 0.05) is 21.5 Å². The SMILES string of the molecule is CCC1CCC(CN)(C(O)c2ccc(Cl)cc2Br)CC1. The third kappa shape index (κ3) is 3.22. The van der Waals surface area contributed by atoms with Crippen molar-refractivity contribution in [1.29, 1.82) is 0 Å². The average Bonchev–Trinajstić information content (AvgIpc) is 2.46. The lowest BCUT2D eigenvalue weighted by molar-refractivity contribution is -0.0107. The Morgan fingerprint density at radius 2 is 2.10 bits per heavy atom. The monoisotopic (exact) mass is 359 g/mol. The first-order chi connectivity index (χ1) is 9.52. The second kappa shape index (κ2) is 6.78. The third-order valence-electron chi connectivity index (χ3n) is 4.92. The van der Waals surface area contributed by atoms with Gasteiger partial charge in [-0.1, -0.05) is 46.9 Å². The molecule has 0 aliphatic heterocycles. The summed E-state index contributed by atoms with van der Waals surface area (Å²) in [6.07, 6.45) is 5.01. The summed E-state index contributed by atoms with van der Waals surface area (Å²) in [4.78, 5) is 0. The number of nitrogens with two attached hydrogens (primary N) is 1. The fraction of sp³-hybridized carbons (Fsp3) is 0.625. The molecule has 4 heteroatoms. The minimum absolute atomic E-state index is 0.192. The van der Waals surface area contributed by atoms with E-state index in [1.165, 1.54) is 6.42 Å². The zero-order valence-electron chi connectivity index (χ0n) is 11.9. The van der Waals surface area contributed by atoms with Crippen molar-refractivity contribution in [3.8, 4) is 0 Å². The summed E-state index contributed by atoms with van der Waals surface area (Å²) in [5, 5.41) is 11.5. The predicted molar refractivity (Wildman–Crippen MR) is 87.8 cm³/mol. The Morgan fingerprint density at radius 1 is 1.45 bits per heavy atom. The summed E-state index contributed by atoms with van der Waals surface area (Å²) in [6.45, 7) is 2.77. The second-order valence-electron chi connectivity index (χ2n) is 5.99. The summed E-state index contributed by atoms with van der Waals surface area (Å²) < 4.78 is 0.864. The number of halogens is 2. The molecule has 1 fully saturated rings. The number of hydrogen-bond acceptors (Lipinski definition) is 2. The molecule has 0 heterocycles. The van der Waals surface area contributed by atoms with Crippen LogP contribution in [0.1, 0.15) is 50.7 Å². The van der Waals surface area contributed by atoms with Crippen molar-refractivity contribution >= 4 is 27.5 Å². The quantitative estimate of drug-likeness (QED) is 0.819. The zero-order valence-corrected chi connectivity index (χ0v) is 14.3. The predicted octanol–water partition coefficient (Wildman–Crippen LogP) is 4.68. The minimum atomic E-state index is -0.531. The highest BCUT2D eigenvalue weighted by molar-refractivity contribution is 9.10. The van der Waals surface area contributed by atoms with Gasteiger partial charge in [0.1, 0.15) is 0 Å². The summed E-state index contributed by atoms with van der Waals surface area (Å²) in [5.41, 5.74) is 6.75. The molecule has 0 saturated heterocycles. The van der Waals surface area contributed by atoms with Crippen molar-refractivity contribution in [1.82, 2.24) is 0 Å². The first kappa shape index (κ1) is 16.3. The molecule has 1 aromatic carbocycles. The number of rotatable bonds is 4. The van der Waals surface area contributed by atoms with Gasteiger partial charge in [0.05, 0.1) is 6.10 Å². The van der Waals surface area contributed by atoms with Gasteiger partial charge in [0.2, 0.25) is 0 Å². The molecule has 20 heavy (non-hydrogen) atoms. The molecular formula is C16H23BrClNO. The Balaban J connectivity index is 2.23. The van der Waals surface area contributed by atoms with Crippen LogP contribution in [0.2, 0.25) is 5.02 Å².